The minimum atomic E-state index is -0.188. The maximum Gasteiger partial charge on any atom is 0.353 e. The number of fused-ring (bicyclic) bond motifs is 1. The van der Waals surface area contributed by atoms with E-state index >= 15 is 0 Å². The fourth-order valence-electron chi connectivity index (χ4n) is 1.67. The lowest BCUT2D eigenvalue weighted by Gasteiger charge is -2.38. The van der Waals surface area contributed by atoms with Gasteiger partial charge in [-0.05, 0) is 12.8 Å². The molecule has 2 heterocycles. The van der Waals surface area contributed by atoms with Crippen LogP contribution in [-0.4, -0.2) is 30.6 Å². The molecule has 2 rings (SSSR count). The number of hydrogen-bond donors (Lipinski definition) is 0. The van der Waals surface area contributed by atoms with Gasteiger partial charge in [-0.3, -0.25) is 0 Å². The monoisotopic (exact) mass is 153 g/mol. The minimum absolute atomic E-state index is 0.188. The van der Waals surface area contributed by atoms with E-state index in [1.54, 1.807) is 0 Å². The summed E-state index contributed by atoms with van der Waals surface area (Å²) in [7, 11) is 1.43. The Morgan fingerprint density at radius 3 is 3.09 bits per heavy atom. The van der Waals surface area contributed by atoms with E-state index in [1.807, 2.05) is 6.08 Å². The first kappa shape index (κ1) is 6.70. The zero-order chi connectivity index (χ0) is 7.84. The Hall–Kier alpha value is -0.990. The van der Waals surface area contributed by atoms with Gasteiger partial charge in [0.2, 0.25) is 0 Å². The van der Waals surface area contributed by atoms with Crippen LogP contribution in [0, 0.1) is 0 Å². The average molecular weight is 153 g/mol. The molecule has 3 nitrogen and oxygen atoms in total. The molecule has 2 aliphatic heterocycles. The molecule has 60 valence electrons. The minimum Gasteiger partial charge on any atom is -0.464 e. The van der Waals surface area contributed by atoms with E-state index in [2.05, 4.69) is 9.64 Å². The number of ether oxygens (including phenoxy) is 1. The number of esters is 1. The first-order valence-electron chi connectivity index (χ1n) is 3.88. The smallest absolute Gasteiger partial charge is 0.353 e. The van der Waals surface area contributed by atoms with E-state index < -0.39 is 0 Å². The van der Waals surface area contributed by atoms with Crippen molar-refractivity contribution in [2.45, 2.75) is 18.9 Å². The van der Waals surface area contributed by atoms with Crippen LogP contribution >= 0.6 is 0 Å². The standard InChI is InChI=1S/C8H11NO2/c1-11-8(10)7-3-2-6-4-5-9(6)7/h3,6H,2,4-5H2,1H3. The predicted octanol–water partition coefficient (Wildman–Crippen LogP) is 0.521. The summed E-state index contributed by atoms with van der Waals surface area (Å²) in [5, 5.41) is 0. The van der Waals surface area contributed by atoms with Crippen LogP contribution in [-0.2, 0) is 9.53 Å². The van der Waals surface area contributed by atoms with E-state index in [0.29, 0.717) is 6.04 Å². The van der Waals surface area contributed by atoms with Crippen molar-refractivity contribution in [3.63, 3.8) is 0 Å². The maximum absolute atomic E-state index is 11.1. The molecule has 0 N–H and O–H groups in total. The summed E-state index contributed by atoms with van der Waals surface area (Å²) < 4.78 is 4.64. The number of nitrogens with zero attached hydrogens (tertiary/aromatic N) is 1. The maximum atomic E-state index is 11.1. The summed E-state index contributed by atoms with van der Waals surface area (Å²) in [4.78, 5) is 13.2. The van der Waals surface area contributed by atoms with Gasteiger partial charge < -0.3 is 9.64 Å². The van der Waals surface area contributed by atoms with Crippen molar-refractivity contribution in [2.75, 3.05) is 13.7 Å². The van der Waals surface area contributed by atoms with Gasteiger partial charge in [-0.2, -0.15) is 0 Å². The van der Waals surface area contributed by atoms with Gasteiger partial charge in [0.1, 0.15) is 5.70 Å². The molecule has 1 saturated heterocycles. The lowest BCUT2D eigenvalue weighted by Crippen LogP contribution is -2.44. The molecule has 0 aliphatic carbocycles. The highest BCUT2D eigenvalue weighted by molar-refractivity contribution is 5.88. The molecular weight excluding hydrogens is 142 g/mol. The molecule has 11 heavy (non-hydrogen) atoms. The fourth-order valence-corrected chi connectivity index (χ4v) is 1.67. The molecule has 1 unspecified atom stereocenters. The molecule has 0 amide bonds. The largest absolute Gasteiger partial charge is 0.464 e. The lowest BCUT2D eigenvalue weighted by molar-refractivity contribution is -0.138. The Morgan fingerprint density at radius 1 is 1.82 bits per heavy atom. The fraction of sp³-hybridized carbons (Fsp3) is 0.625. The van der Waals surface area contributed by atoms with Gasteiger partial charge in [-0.25, -0.2) is 4.79 Å². The molecule has 0 bridgehead atoms. The van der Waals surface area contributed by atoms with E-state index in [-0.39, 0.29) is 5.97 Å². The summed E-state index contributed by atoms with van der Waals surface area (Å²) in [5.74, 6) is -0.188. The molecule has 0 spiro atoms. The predicted molar refractivity (Wildman–Crippen MR) is 39.8 cm³/mol. The second-order valence-electron chi connectivity index (χ2n) is 2.95. The second kappa shape index (κ2) is 2.26. The summed E-state index contributed by atoms with van der Waals surface area (Å²) in [5.41, 5.74) is 0.767. The van der Waals surface area contributed by atoms with Crippen LogP contribution in [0.5, 0.6) is 0 Å². The molecular formula is C8H11NO2. The number of rotatable bonds is 1. The zero-order valence-electron chi connectivity index (χ0n) is 6.54. The molecule has 0 radical (unpaired) electrons. The summed E-state index contributed by atoms with van der Waals surface area (Å²) in [6.07, 6.45) is 4.21. The third-order valence-corrected chi connectivity index (χ3v) is 2.43. The van der Waals surface area contributed by atoms with Crippen LogP contribution < -0.4 is 0 Å². The van der Waals surface area contributed by atoms with Crippen LogP contribution in [0.15, 0.2) is 11.8 Å². The Morgan fingerprint density at radius 2 is 2.64 bits per heavy atom. The number of carbonyl (C=O) groups is 1. The van der Waals surface area contributed by atoms with Crippen molar-refractivity contribution in [1.29, 1.82) is 0 Å². The van der Waals surface area contributed by atoms with Gasteiger partial charge in [-0.15, -0.1) is 0 Å². The summed E-state index contributed by atoms with van der Waals surface area (Å²) in [6, 6.07) is 0.601. The number of carbonyl (C=O) groups excluding carboxylic acids is 1. The van der Waals surface area contributed by atoms with Gasteiger partial charge in [-0.1, -0.05) is 6.08 Å². The Bertz CT molecular complexity index is 222. The van der Waals surface area contributed by atoms with E-state index in [0.717, 1.165) is 18.7 Å². The van der Waals surface area contributed by atoms with Crippen molar-refractivity contribution >= 4 is 5.97 Å². The molecule has 0 aromatic carbocycles. The van der Waals surface area contributed by atoms with Gasteiger partial charge in [0, 0.05) is 12.6 Å². The zero-order valence-corrected chi connectivity index (χ0v) is 6.54. The molecule has 2 aliphatic rings. The quantitative estimate of drug-likeness (QED) is 0.514. The van der Waals surface area contributed by atoms with Gasteiger partial charge in [0.05, 0.1) is 7.11 Å². The van der Waals surface area contributed by atoms with Crippen LogP contribution in [0.25, 0.3) is 0 Å². The van der Waals surface area contributed by atoms with E-state index in [9.17, 15) is 4.79 Å². The molecule has 1 fully saturated rings. The highest BCUT2D eigenvalue weighted by Gasteiger charge is 2.36. The van der Waals surface area contributed by atoms with Crippen molar-refractivity contribution in [3.05, 3.63) is 11.8 Å². The average Bonchev–Trinajstić information content (AvgIpc) is 2.25. The topological polar surface area (TPSA) is 29.5 Å². The Kier molecular flexibility index (Phi) is 1.37. The number of hydrogen-bond acceptors (Lipinski definition) is 3. The van der Waals surface area contributed by atoms with Gasteiger partial charge in [0.15, 0.2) is 0 Å². The van der Waals surface area contributed by atoms with Crippen LogP contribution in [0.2, 0.25) is 0 Å². The van der Waals surface area contributed by atoms with Gasteiger partial charge in [0.25, 0.3) is 0 Å². The third kappa shape index (κ3) is 0.836. The molecule has 3 heteroatoms. The van der Waals surface area contributed by atoms with Crippen LogP contribution in [0.1, 0.15) is 12.8 Å². The van der Waals surface area contributed by atoms with Crippen LogP contribution in [0.3, 0.4) is 0 Å². The van der Waals surface area contributed by atoms with Crippen molar-refractivity contribution in [1.82, 2.24) is 4.90 Å². The second-order valence-corrected chi connectivity index (χ2v) is 2.95. The van der Waals surface area contributed by atoms with Crippen molar-refractivity contribution in [2.24, 2.45) is 0 Å². The lowest BCUT2D eigenvalue weighted by atomic mass is 10.0. The summed E-state index contributed by atoms with van der Waals surface area (Å²) >= 11 is 0. The van der Waals surface area contributed by atoms with E-state index in [1.165, 1.54) is 13.5 Å². The summed E-state index contributed by atoms with van der Waals surface area (Å²) in [6.45, 7) is 1.02. The Balaban J connectivity index is 2.09. The number of methoxy groups -OCH3 is 1. The van der Waals surface area contributed by atoms with Gasteiger partial charge >= 0.3 is 5.97 Å². The van der Waals surface area contributed by atoms with Crippen LogP contribution in [0.4, 0.5) is 0 Å². The first-order chi connectivity index (χ1) is 5.33. The normalized spacial score (nSPS) is 27.2. The van der Waals surface area contributed by atoms with E-state index in [4.69, 9.17) is 0 Å². The Labute approximate surface area is 65.6 Å². The molecule has 0 aromatic rings. The van der Waals surface area contributed by atoms with Crippen molar-refractivity contribution < 1.29 is 9.53 Å². The first-order valence-corrected chi connectivity index (χ1v) is 3.88. The molecule has 1 atom stereocenters. The highest BCUT2D eigenvalue weighted by Crippen LogP contribution is 2.32. The molecule has 0 aromatic heterocycles. The SMILES string of the molecule is COC(=O)C1=CCC2CCN12. The van der Waals surface area contributed by atoms with Crippen molar-refractivity contribution in [3.8, 4) is 0 Å². The third-order valence-electron chi connectivity index (χ3n) is 2.43. The molecule has 0 saturated carbocycles. The highest BCUT2D eigenvalue weighted by atomic mass is 16.5.